The predicted molar refractivity (Wildman–Crippen MR) is 138 cm³/mol. The lowest BCUT2D eigenvalue weighted by atomic mass is 9.98. The molecule has 1 aromatic rings. The molecule has 2 aliphatic rings. The summed E-state index contributed by atoms with van der Waals surface area (Å²) < 4.78 is 9.96. The van der Waals surface area contributed by atoms with Crippen LogP contribution in [0.3, 0.4) is 0 Å². The van der Waals surface area contributed by atoms with Crippen molar-refractivity contribution in [2.24, 2.45) is 16.3 Å². The van der Waals surface area contributed by atoms with Gasteiger partial charge in [0.05, 0.1) is 11.5 Å². The molecule has 16 heteroatoms. The second-order valence-electron chi connectivity index (χ2n) is 9.14. The van der Waals surface area contributed by atoms with Crippen LogP contribution >= 0.6 is 23.1 Å². The average Bonchev–Trinajstić information content (AvgIpc) is 3.31. The van der Waals surface area contributed by atoms with Crippen LogP contribution in [-0.4, -0.2) is 82.4 Å². The Morgan fingerprint density at radius 1 is 1.29 bits per heavy atom. The summed E-state index contributed by atoms with van der Waals surface area (Å²) in [6.07, 6.45) is 1.52. The van der Waals surface area contributed by atoms with Gasteiger partial charge in [-0.15, -0.1) is 23.1 Å². The Balaban J connectivity index is 1.62. The minimum absolute atomic E-state index is 0.00384. The molecule has 3 rings (SSSR count). The standard InChI is InChI=1S/C22H28N6O8S2/c1-10(23)15(29)26-21-24-11(8-38-21)13(27-34-5)16(30)25-14-17(31)28-12(6-7-37-18(14)28)19(32)35-9-36-20(33)22(2,3)4/h6,8,10,14,18H,7,9,23H2,1-5H3,(H,25,30)(H,24,26,29)/b27-13-/t10-,14+,18-/m0/s1. The van der Waals surface area contributed by atoms with E-state index in [-0.39, 0.29) is 22.2 Å². The highest BCUT2D eigenvalue weighted by atomic mass is 32.2. The first-order valence-electron chi connectivity index (χ1n) is 11.3. The van der Waals surface area contributed by atoms with E-state index in [9.17, 15) is 24.0 Å². The fourth-order valence-corrected chi connectivity index (χ4v) is 5.01. The fourth-order valence-electron chi connectivity index (χ4n) is 3.12. The van der Waals surface area contributed by atoms with Crippen LogP contribution in [0.5, 0.6) is 0 Å². The number of aromatic nitrogens is 1. The summed E-state index contributed by atoms with van der Waals surface area (Å²) in [7, 11) is 1.24. The monoisotopic (exact) mass is 568 g/mol. The Morgan fingerprint density at radius 3 is 2.63 bits per heavy atom. The summed E-state index contributed by atoms with van der Waals surface area (Å²) in [5, 5.41) is 9.96. The Hall–Kier alpha value is -3.50. The maximum absolute atomic E-state index is 13.0. The number of nitrogens with two attached hydrogens (primary N) is 1. The average molecular weight is 569 g/mol. The van der Waals surface area contributed by atoms with Crippen molar-refractivity contribution in [3.8, 4) is 0 Å². The van der Waals surface area contributed by atoms with E-state index < -0.39 is 59.3 Å². The van der Waals surface area contributed by atoms with Gasteiger partial charge in [-0.1, -0.05) is 5.16 Å². The molecule has 38 heavy (non-hydrogen) atoms. The molecule has 0 bridgehead atoms. The number of esters is 2. The number of β-lactam (4-membered cyclic amide) rings is 1. The summed E-state index contributed by atoms with van der Waals surface area (Å²) in [5.41, 5.74) is 4.67. The van der Waals surface area contributed by atoms with Gasteiger partial charge >= 0.3 is 11.9 Å². The molecule has 3 atom stereocenters. The van der Waals surface area contributed by atoms with E-state index in [0.717, 1.165) is 11.3 Å². The Labute approximate surface area is 226 Å². The van der Waals surface area contributed by atoms with Gasteiger partial charge in [-0.2, -0.15) is 0 Å². The SMILES string of the molecule is CO/N=C(\C(=O)N[C@@H]1C(=O)N2C(C(=O)OCOC(=O)C(C)(C)C)=CCS[C@@H]12)c1csc(NC(=O)[C@H](C)N)n1. The van der Waals surface area contributed by atoms with Gasteiger partial charge in [0.25, 0.3) is 11.8 Å². The summed E-state index contributed by atoms with van der Waals surface area (Å²) in [4.78, 5) is 72.2. The molecule has 0 unspecified atom stereocenters. The smallest absolute Gasteiger partial charge is 0.357 e. The largest absolute Gasteiger partial charge is 0.427 e. The van der Waals surface area contributed by atoms with Gasteiger partial charge in [0.15, 0.2) is 10.8 Å². The zero-order valence-corrected chi connectivity index (χ0v) is 22.9. The number of carbonyl (C=O) groups excluding carboxylic acids is 5. The Morgan fingerprint density at radius 2 is 2.00 bits per heavy atom. The van der Waals surface area contributed by atoms with Crippen molar-refractivity contribution < 1.29 is 38.3 Å². The van der Waals surface area contributed by atoms with Gasteiger partial charge in [-0.3, -0.25) is 24.1 Å². The number of hydrogen-bond acceptors (Lipinski definition) is 13. The van der Waals surface area contributed by atoms with Crippen LogP contribution in [0.25, 0.3) is 0 Å². The lowest BCUT2D eigenvalue weighted by Crippen LogP contribution is -2.70. The number of fused-ring (bicyclic) bond motifs is 1. The van der Waals surface area contributed by atoms with Crippen molar-refractivity contribution in [2.45, 2.75) is 45.2 Å². The fraction of sp³-hybridized carbons (Fsp3) is 0.500. The molecule has 1 fully saturated rings. The highest BCUT2D eigenvalue weighted by Crippen LogP contribution is 2.38. The van der Waals surface area contributed by atoms with E-state index >= 15 is 0 Å². The van der Waals surface area contributed by atoms with Crippen molar-refractivity contribution in [3.05, 3.63) is 22.8 Å². The van der Waals surface area contributed by atoms with E-state index in [0.29, 0.717) is 5.75 Å². The van der Waals surface area contributed by atoms with Crippen LogP contribution in [-0.2, 0) is 38.3 Å². The quantitative estimate of drug-likeness (QED) is 0.121. The highest BCUT2D eigenvalue weighted by Gasteiger charge is 2.53. The van der Waals surface area contributed by atoms with Crippen LogP contribution in [0.1, 0.15) is 33.4 Å². The van der Waals surface area contributed by atoms with E-state index in [1.54, 1.807) is 20.8 Å². The number of hydrogen-bond donors (Lipinski definition) is 3. The first kappa shape index (κ1) is 29.1. The number of nitrogens with zero attached hydrogens (tertiary/aromatic N) is 3. The number of anilines is 1. The van der Waals surface area contributed by atoms with Crippen LogP contribution in [0, 0.1) is 5.41 Å². The Bertz CT molecular complexity index is 1190. The normalized spacial score (nSPS) is 19.8. The van der Waals surface area contributed by atoms with Gasteiger partial charge in [-0.05, 0) is 33.8 Å². The van der Waals surface area contributed by atoms with Crippen molar-refractivity contribution >= 4 is 63.6 Å². The number of carbonyl (C=O) groups is 5. The third kappa shape index (κ3) is 6.49. The van der Waals surface area contributed by atoms with E-state index in [1.807, 2.05) is 0 Å². The Kier molecular flexibility index (Phi) is 9.11. The molecule has 1 aromatic heterocycles. The highest BCUT2D eigenvalue weighted by molar-refractivity contribution is 8.00. The molecule has 0 radical (unpaired) electrons. The van der Waals surface area contributed by atoms with Crippen LogP contribution < -0.4 is 16.4 Å². The van der Waals surface area contributed by atoms with E-state index in [4.69, 9.17) is 20.0 Å². The van der Waals surface area contributed by atoms with Crippen LogP contribution in [0.15, 0.2) is 22.3 Å². The van der Waals surface area contributed by atoms with Crippen LogP contribution in [0.2, 0.25) is 0 Å². The second kappa shape index (κ2) is 11.9. The number of amides is 3. The summed E-state index contributed by atoms with van der Waals surface area (Å²) >= 11 is 2.38. The first-order valence-corrected chi connectivity index (χ1v) is 13.2. The molecule has 4 N–H and O–H groups in total. The molecule has 3 heterocycles. The van der Waals surface area contributed by atoms with Gasteiger partial charge in [0, 0.05) is 11.1 Å². The van der Waals surface area contributed by atoms with Crippen molar-refractivity contribution in [1.29, 1.82) is 0 Å². The lowest BCUT2D eigenvalue weighted by Gasteiger charge is -2.48. The molecule has 0 spiro atoms. The van der Waals surface area contributed by atoms with Gasteiger partial charge in [0.2, 0.25) is 12.7 Å². The summed E-state index contributed by atoms with van der Waals surface area (Å²) in [6.45, 7) is 5.90. The zero-order valence-electron chi connectivity index (χ0n) is 21.3. The number of ether oxygens (including phenoxy) is 2. The maximum atomic E-state index is 13.0. The summed E-state index contributed by atoms with van der Waals surface area (Å²) in [6, 6.07) is -1.71. The molecule has 3 amide bonds. The minimum atomic E-state index is -0.958. The summed E-state index contributed by atoms with van der Waals surface area (Å²) in [5.74, 6) is -2.73. The number of thiazole rings is 1. The number of thioether (sulfide) groups is 1. The van der Waals surface area contributed by atoms with E-state index in [2.05, 4.69) is 20.8 Å². The molecule has 206 valence electrons. The van der Waals surface area contributed by atoms with Gasteiger partial charge in [0.1, 0.15) is 29.9 Å². The van der Waals surface area contributed by atoms with E-state index in [1.165, 1.54) is 42.2 Å². The molecule has 2 aliphatic heterocycles. The van der Waals surface area contributed by atoms with Crippen molar-refractivity contribution in [1.82, 2.24) is 15.2 Å². The van der Waals surface area contributed by atoms with Crippen LogP contribution in [0.4, 0.5) is 5.13 Å². The minimum Gasteiger partial charge on any atom is -0.427 e. The topological polar surface area (TPSA) is 192 Å². The maximum Gasteiger partial charge on any atom is 0.357 e. The third-order valence-corrected chi connectivity index (χ3v) is 7.06. The van der Waals surface area contributed by atoms with Gasteiger partial charge in [-0.25, -0.2) is 9.78 Å². The number of oxime groups is 1. The van der Waals surface area contributed by atoms with Gasteiger partial charge < -0.3 is 30.7 Å². The number of rotatable bonds is 9. The zero-order chi connectivity index (χ0) is 28.2. The number of nitrogens with one attached hydrogen (secondary N) is 2. The molecular weight excluding hydrogens is 540 g/mol. The molecule has 14 nitrogen and oxygen atoms in total. The second-order valence-corrected chi connectivity index (χ2v) is 11.2. The third-order valence-electron chi connectivity index (χ3n) is 5.12. The molecule has 0 aliphatic carbocycles. The van der Waals surface area contributed by atoms with Crippen molar-refractivity contribution in [2.75, 3.05) is 25.0 Å². The molecule has 1 saturated heterocycles. The molecular formula is C22H28N6O8S2. The molecule has 0 saturated carbocycles. The lowest BCUT2D eigenvalue weighted by molar-refractivity contribution is -0.173. The molecule has 0 aromatic carbocycles. The van der Waals surface area contributed by atoms with Crippen molar-refractivity contribution in [3.63, 3.8) is 0 Å². The predicted octanol–water partition coefficient (Wildman–Crippen LogP) is 0.153. The first-order chi connectivity index (χ1) is 17.8.